The molecule has 3 rings (SSSR count). The van der Waals surface area contributed by atoms with Gasteiger partial charge in [-0.2, -0.15) is 0 Å². The summed E-state index contributed by atoms with van der Waals surface area (Å²) in [5.74, 6) is -0.150. The molecule has 0 radical (unpaired) electrons. The number of hydrogen-bond donors (Lipinski definition) is 0. The number of cyclic esters (lactones) is 2. The first kappa shape index (κ1) is 10.9. The molecule has 0 aromatic carbocycles. The van der Waals surface area contributed by atoms with E-state index in [0.29, 0.717) is 0 Å². The number of carbonyl (C=O) groups is 2. The van der Waals surface area contributed by atoms with Gasteiger partial charge in [0.05, 0.1) is 0 Å². The molecule has 0 aromatic rings. The van der Waals surface area contributed by atoms with Gasteiger partial charge in [-0.3, -0.25) is 0 Å². The number of rotatable bonds is 1. The van der Waals surface area contributed by atoms with Crippen LogP contribution in [-0.2, 0) is 14.3 Å². The highest BCUT2D eigenvalue weighted by Gasteiger charge is 2.28. The van der Waals surface area contributed by atoms with Crippen LogP contribution in [0.4, 0.5) is 0 Å². The van der Waals surface area contributed by atoms with Crippen LogP contribution in [0.1, 0.15) is 25.7 Å². The summed E-state index contributed by atoms with van der Waals surface area (Å²) in [6, 6.07) is 0. The molecule has 1 fully saturated rings. The van der Waals surface area contributed by atoms with Crippen LogP contribution in [-0.4, -0.2) is 11.9 Å². The van der Waals surface area contributed by atoms with Gasteiger partial charge in [0.25, 0.3) is 0 Å². The molecular weight excluding hydrogens is 204 g/mol. The average Bonchev–Trinajstić information content (AvgIpc) is 2.95. The third-order valence-corrected chi connectivity index (χ3v) is 3.16. The van der Waals surface area contributed by atoms with Crippen LogP contribution in [0.25, 0.3) is 0 Å². The largest absolute Gasteiger partial charge is 0.387 e. The first-order chi connectivity index (χ1) is 7.69. The zero-order valence-corrected chi connectivity index (χ0v) is 9.07. The summed E-state index contributed by atoms with van der Waals surface area (Å²) >= 11 is 0. The van der Waals surface area contributed by atoms with Crippen molar-refractivity contribution in [3.8, 4) is 0 Å². The fraction of sp³-hybridized carbons (Fsp3) is 0.385. The van der Waals surface area contributed by atoms with Crippen molar-refractivity contribution in [3.63, 3.8) is 0 Å². The number of hydrogen-bond acceptors (Lipinski definition) is 3. The number of ether oxygens (including phenoxy) is 1. The maximum atomic E-state index is 9.92. The lowest BCUT2D eigenvalue weighted by Crippen LogP contribution is -1.96. The minimum absolute atomic E-state index is 0.579. The van der Waals surface area contributed by atoms with Crippen LogP contribution in [0, 0.1) is 5.92 Å². The zero-order valence-electron chi connectivity index (χ0n) is 9.07. The second-order valence-electron chi connectivity index (χ2n) is 4.22. The number of carbonyl (C=O) groups excluding carboxylic acids is 2. The van der Waals surface area contributed by atoms with E-state index in [1.807, 2.05) is 0 Å². The quantitative estimate of drug-likeness (QED) is 0.501. The Labute approximate surface area is 94.5 Å². The topological polar surface area (TPSA) is 43.4 Å². The van der Waals surface area contributed by atoms with Crippen molar-refractivity contribution in [1.82, 2.24) is 0 Å². The lowest BCUT2D eigenvalue weighted by atomic mass is 9.99. The molecule has 0 aromatic heterocycles. The van der Waals surface area contributed by atoms with Gasteiger partial charge in [0, 0.05) is 12.2 Å². The summed E-state index contributed by atoms with van der Waals surface area (Å²) in [5.41, 5.74) is 3.27. The SMILES string of the molecule is C=CC1=C2CCC(C1)C2.O=C1C=CC(=O)O1. The van der Waals surface area contributed by atoms with Crippen molar-refractivity contribution in [2.45, 2.75) is 25.7 Å². The fourth-order valence-corrected chi connectivity index (χ4v) is 2.38. The van der Waals surface area contributed by atoms with Gasteiger partial charge >= 0.3 is 11.9 Å². The molecule has 0 saturated heterocycles. The zero-order chi connectivity index (χ0) is 11.5. The van der Waals surface area contributed by atoms with Gasteiger partial charge in [0.1, 0.15) is 0 Å². The molecule has 1 aliphatic heterocycles. The van der Waals surface area contributed by atoms with Gasteiger partial charge in [-0.25, -0.2) is 9.59 Å². The number of fused-ring (bicyclic) bond motifs is 2. The Morgan fingerprint density at radius 1 is 1.25 bits per heavy atom. The Kier molecular flexibility index (Phi) is 3.04. The van der Waals surface area contributed by atoms with Crippen LogP contribution in [0.15, 0.2) is 36.0 Å². The van der Waals surface area contributed by atoms with Crippen LogP contribution in [0.5, 0.6) is 0 Å². The van der Waals surface area contributed by atoms with E-state index in [-0.39, 0.29) is 0 Å². The highest BCUT2D eigenvalue weighted by atomic mass is 16.6. The number of allylic oxidation sites excluding steroid dienone is 3. The fourth-order valence-electron chi connectivity index (χ4n) is 2.38. The van der Waals surface area contributed by atoms with E-state index in [4.69, 9.17) is 0 Å². The smallest absolute Gasteiger partial charge is 0.338 e. The minimum atomic E-state index is -0.579. The molecular formula is C13H14O3. The van der Waals surface area contributed by atoms with E-state index in [1.165, 1.54) is 25.7 Å². The lowest BCUT2D eigenvalue weighted by Gasteiger charge is -2.06. The molecule has 1 unspecified atom stereocenters. The third kappa shape index (κ3) is 2.30. The molecule has 0 amide bonds. The van der Waals surface area contributed by atoms with Crippen molar-refractivity contribution in [2.24, 2.45) is 5.92 Å². The average molecular weight is 218 g/mol. The van der Waals surface area contributed by atoms with Gasteiger partial charge in [0.15, 0.2) is 0 Å². The number of esters is 2. The van der Waals surface area contributed by atoms with Crippen molar-refractivity contribution < 1.29 is 14.3 Å². The van der Waals surface area contributed by atoms with Crippen molar-refractivity contribution in [2.75, 3.05) is 0 Å². The maximum absolute atomic E-state index is 9.92. The van der Waals surface area contributed by atoms with Gasteiger partial charge < -0.3 is 4.74 Å². The van der Waals surface area contributed by atoms with Crippen LogP contribution in [0.2, 0.25) is 0 Å². The molecule has 3 heteroatoms. The minimum Gasteiger partial charge on any atom is -0.387 e. The maximum Gasteiger partial charge on any atom is 0.338 e. The molecule has 0 spiro atoms. The predicted molar refractivity (Wildman–Crippen MR) is 59.4 cm³/mol. The summed E-state index contributed by atoms with van der Waals surface area (Å²) in [7, 11) is 0. The summed E-state index contributed by atoms with van der Waals surface area (Å²) in [5, 5.41) is 0. The Morgan fingerprint density at radius 3 is 2.19 bits per heavy atom. The van der Waals surface area contributed by atoms with Crippen LogP contribution >= 0.6 is 0 Å². The summed E-state index contributed by atoms with van der Waals surface area (Å²) in [6.07, 6.45) is 9.76. The Hall–Kier alpha value is -1.64. The first-order valence-corrected chi connectivity index (χ1v) is 5.46. The first-order valence-electron chi connectivity index (χ1n) is 5.46. The molecule has 2 bridgehead atoms. The van der Waals surface area contributed by atoms with Crippen LogP contribution < -0.4 is 0 Å². The van der Waals surface area contributed by atoms with Gasteiger partial charge in [-0.1, -0.05) is 18.2 Å². The van der Waals surface area contributed by atoms with E-state index in [0.717, 1.165) is 18.1 Å². The normalized spacial score (nSPS) is 25.6. The van der Waals surface area contributed by atoms with E-state index in [2.05, 4.69) is 17.4 Å². The Balaban J connectivity index is 0.000000125. The Morgan fingerprint density at radius 2 is 1.94 bits per heavy atom. The predicted octanol–water partition coefficient (Wildman–Crippen LogP) is 2.30. The standard InChI is InChI=1S/C9H12.C4H2O3/c1-2-8-5-7-3-4-9(8)6-7;5-3-1-2-4(6)7-3/h2,7H,1,3-6H2;1-2H. The summed E-state index contributed by atoms with van der Waals surface area (Å²) < 4.78 is 3.97. The third-order valence-electron chi connectivity index (χ3n) is 3.16. The molecule has 1 atom stereocenters. The van der Waals surface area contributed by atoms with Gasteiger partial charge in [-0.15, -0.1) is 0 Å². The molecule has 1 saturated carbocycles. The monoisotopic (exact) mass is 218 g/mol. The van der Waals surface area contributed by atoms with Crippen molar-refractivity contribution in [3.05, 3.63) is 36.0 Å². The second kappa shape index (κ2) is 4.47. The van der Waals surface area contributed by atoms with E-state index >= 15 is 0 Å². The van der Waals surface area contributed by atoms with E-state index < -0.39 is 11.9 Å². The lowest BCUT2D eigenvalue weighted by molar-refractivity contribution is -0.150. The molecule has 84 valence electrons. The summed E-state index contributed by atoms with van der Waals surface area (Å²) in [4.78, 5) is 19.8. The van der Waals surface area contributed by atoms with Gasteiger partial charge in [-0.05, 0) is 37.2 Å². The van der Waals surface area contributed by atoms with Crippen molar-refractivity contribution >= 4 is 11.9 Å². The van der Waals surface area contributed by atoms with Crippen LogP contribution in [0.3, 0.4) is 0 Å². The highest BCUT2D eigenvalue weighted by molar-refractivity contribution is 6.04. The second-order valence-corrected chi connectivity index (χ2v) is 4.22. The molecule has 16 heavy (non-hydrogen) atoms. The molecule has 3 aliphatic rings. The Bertz CT molecular complexity index is 385. The molecule has 2 aliphatic carbocycles. The van der Waals surface area contributed by atoms with E-state index in [9.17, 15) is 9.59 Å². The molecule has 1 heterocycles. The molecule has 0 N–H and O–H groups in total. The summed E-state index contributed by atoms with van der Waals surface area (Å²) in [6.45, 7) is 3.80. The molecule has 3 nitrogen and oxygen atoms in total. The van der Waals surface area contributed by atoms with E-state index in [1.54, 1.807) is 11.1 Å². The van der Waals surface area contributed by atoms with Crippen molar-refractivity contribution in [1.29, 1.82) is 0 Å². The highest BCUT2D eigenvalue weighted by Crippen LogP contribution is 2.44. The van der Waals surface area contributed by atoms with Gasteiger partial charge in [0.2, 0.25) is 0 Å².